The molecule has 1 aromatic carbocycles. The van der Waals surface area contributed by atoms with Crippen LogP contribution in [-0.2, 0) is 4.79 Å². The normalized spacial score (nSPS) is 20.5. The first-order valence-electron chi connectivity index (χ1n) is 7.72. The lowest BCUT2D eigenvalue weighted by Crippen LogP contribution is -2.48. The Kier molecular flexibility index (Phi) is 5.06. The summed E-state index contributed by atoms with van der Waals surface area (Å²) in [6, 6.07) is 4.04. The molecule has 24 heavy (non-hydrogen) atoms. The molecule has 2 rings (SSSR count). The van der Waals surface area contributed by atoms with Gasteiger partial charge >= 0.3 is 11.7 Å². The van der Waals surface area contributed by atoms with Crippen molar-refractivity contribution in [3.8, 4) is 5.75 Å². The molecule has 0 radical (unpaired) electrons. The average molecular weight is 336 g/mol. The first-order chi connectivity index (χ1) is 11.3. The molecule has 1 aromatic rings. The average Bonchev–Trinajstić information content (AvgIpc) is 2.54. The van der Waals surface area contributed by atoms with E-state index in [1.54, 1.807) is 13.8 Å². The van der Waals surface area contributed by atoms with Gasteiger partial charge in [0.15, 0.2) is 5.75 Å². The van der Waals surface area contributed by atoms with Crippen molar-refractivity contribution in [1.82, 2.24) is 4.90 Å². The van der Waals surface area contributed by atoms with Gasteiger partial charge in [0.1, 0.15) is 0 Å². The van der Waals surface area contributed by atoms with Crippen LogP contribution in [0.1, 0.15) is 37.0 Å². The number of aliphatic carboxylic acids is 1. The lowest BCUT2D eigenvalue weighted by Gasteiger charge is -2.37. The Morgan fingerprint density at radius 2 is 2.17 bits per heavy atom. The molecule has 1 aliphatic rings. The molecule has 0 spiro atoms. The van der Waals surface area contributed by atoms with E-state index in [2.05, 4.69) is 0 Å². The molecule has 8 heteroatoms. The molecule has 0 aromatic heterocycles. The summed E-state index contributed by atoms with van der Waals surface area (Å²) in [5.74, 6) is -1.25. The molecule has 1 N–H and O–H groups in total. The second kappa shape index (κ2) is 6.86. The quantitative estimate of drug-likeness (QED) is 0.652. The molecular weight excluding hydrogens is 316 g/mol. The lowest BCUT2D eigenvalue weighted by molar-refractivity contribution is -0.385. The molecule has 0 saturated carbocycles. The van der Waals surface area contributed by atoms with Crippen LogP contribution in [0.5, 0.6) is 5.75 Å². The van der Waals surface area contributed by atoms with Gasteiger partial charge < -0.3 is 14.7 Å². The number of ether oxygens (including phenoxy) is 1. The standard InChI is InChI=1S/C16H20N2O6/c1-3-24-13-6-5-11(9-12(13)18(22)23)14(19)17-8-4-7-16(2,10-17)15(20)21/h5-6,9H,3-4,7-8,10H2,1-2H3,(H,20,21). The van der Waals surface area contributed by atoms with E-state index in [1.807, 2.05) is 0 Å². The fraction of sp³-hybridized carbons (Fsp3) is 0.500. The Bertz CT molecular complexity index is 675. The molecule has 1 unspecified atom stereocenters. The van der Waals surface area contributed by atoms with Crippen LogP contribution in [0, 0.1) is 15.5 Å². The van der Waals surface area contributed by atoms with Crippen molar-refractivity contribution >= 4 is 17.6 Å². The summed E-state index contributed by atoms with van der Waals surface area (Å²) in [4.78, 5) is 36.0. The Morgan fingerprint density at radius 3 is 2.75 bits per heavy atom. The number of hydrogen-bond donors (Lipinski definition) is 1. The van der Waals surface area contributed by atoms with Crippen LogP contribution in [0.15, 0.2) is 18.2 Å². The zero-order valence-electron chi connectivity index (χ0n) is 13.7. The van der Waals surface area contributed by atoms with Gasteiger partial charge in [-0.2, -0.15) is 0 Å². The predicted octanol–water partition coefficient (Wildman–Crippen LogP) is 2.32. The zero-order valence-corrected chi connectivity index (χ0v) is 13.7. The van der Waals surface area contributed by atoms with E-state index in [0.717, 1.165) is 0 Å². The number of carboxylic acid groups (broad SMARTS) is 1. The van der Waals surface area contributed by atoms with Gasteiger partial charge in [-0.25, -0.2) is 0 Å². The number of amides is 1. The van der Waals surface area contributed by atoms with Gasteiger partial charge in [-0.3, -0.25) is 19.7 Å². The minimum absolute atomic E-state index is 0.0855. The molecule has 130 valence electrons. The summed E-state index contributed by atoms with van der Waals surface area (Å²) in [6.45, 7) is 4.11. The van der Waals surface area contributed by atoms with Crippen molar-refractivity contribution in [2.75, 3.05) is 19.7 Å². The molecule has 8 nitrogen and oxygen atoms in total. The smallest absolute Gasteiger partial charge is 0.311 e. The number of benzene rings is 1. The third-order valence-electron chi connectivity index (χ3n) is 4.20. The highest BCUT2D eigenvalue weighted by molar-refractivity contribution is 5.95. The van der Waals surface area contributed by atoms with Crippen LogP contribution in [0.4, 0.5) is 5.69 Å². The molecular formula is C16H20N2O6. The lowest BCUT2D eigenvalue weighted by atomic mass is 9.82. The van der Waals surface area contributed by atoms with Crippen LogP contribution in [0.25, 0.3) is 0 Å². The van der Waals surface area contributed by atoms with E-state index in [-0.39, 0.29) is 30.2 Å². The number of carbonyl (C=O) groups is 2. The number of piperidine rings is 1. The van der Waals surface area contributed by atoms with Crippen molar-refractivity contribution in [3.63, 3.8) is 0 Å². The third-order valence-corrected chi connectivity index (χ3v) is 4.20. The molecule has 1 aliphatic heterocycles. The fourth-order valence-corrected chi connectivity index (χ4v) is 2.84. The third kappa shape index (κ3) is 3.47. The summed E-state index contributed by atoms with van der Waals surface area (Å²) in [7, 11) is 0. The van der Waals surface area contributed by atoms with Gasteiger partial charge in [0.2, 0.25) is 0 Å². The van der Waals surface area contributed by atoms with Crippen molar-refractivity contribution in [2.24, 2.45) is 5.41 Å². The maximum absolute atomic E-state index is 12.6. The monoisotopic (exact) mass is 336 g/mol. The van der Waals surface area contributed by atoms with E-state index >= 15 is 0 Å². The van der Waals surface area contributed by atoms with Crippen LogP contribution >= 0.6 is 0 Å². The van der Waals surface area contributed by atoms with Gasteiger partial charge in [-0.05, 0) is 38.8 Å². The van der Waals surface area contributed by atoms with E-state index in [1.165, 1.54) is 23.1 Å². The van der Waals surface area contributed by atoms with Gasteiger partial charge in [0, 0.05) is 24.7 Å². The largest absolute Gasteiger partial charge is 0.487 e. The number of nitro benzene ring substituents is 1. The van der Waals surface area contributed by atoms with E-state index < -0.39 is 22.2 Å². The van der Waals surface area contributed by atoms with Gasteiger partial charge in [-0.15, -0.1) is 0 Å². The number of nitrogens with zero attached hydrogens (tertiary/aromatic N) is 2. The van der Waals surface area contributed by atoms with Gasteiger partial charge in [0.05, 0.1) is 16.9 Å². The molecule has 0 aliphatic carbocycles. The Hall–Kier alpha value is -2.64. The summed E-state index contributed by atoms with van der Waals surface area (Å²) < 4.78 is 5.20. The van der Waals surface area contributed by atoms with E-state index in [0.29, 0.717) is 19.4 Å². The second-order valence-electron chi connectivity index (χ2n) is 6.07. The van der Waals surface area contributed by atoms with Gasteiger partial charge in [0.25, 0.3) is 5.91 Å². The van der Waals surface area contributed by atoms with Gasteiger partial charge in [-0.1, -0.05) is 0 Å². The Labute approximate surface area is 139 Å². The summed E-state index contributed by atoms with van der Waals surface area (Å²) in [6.07, 6.45) is 1.07. The molecule has 1 fully saturated rings. The van der Waals surface area contributed by atoms with Crippen molar-refractivity contribution in [1.29, 1.82) is 0 Å². The SMILES string of the molecule is CCOc1ccc(C(=O)N2CCCC(C)(C(=O)O)C2)cc1[N+](=O)[O-]. The number of hydrogen-bond acceptors (Lipinski definition) is 5. The minimum Gasteiger partial charge on any atom is -0.487 e. The topological polar surface area (TPSA) is 110 Å². The van der Waals surface area contributed by atoms with Crippen LogP contribution in [0.3, 0.4) is 0 Å². The summed E-state index contributed by atoms with van der Waals surface area (Å²) in [5, 5.41) is 20.5. The summed E-state index contributed by atoms with van der Waals surface area (Å²) >= 11 is 0. The Balaban J connectivity index is 2.28. The molecule has 0 bridgehead atoms. The fourth-order valence-electron chi connectivity index (χ4n) is 2.84. The first-order valence-corrected chi connectivity index (χ1v) is 7.72. The molecule has 1 atom stereocenters. The number of carboxylic acids is 1. The van der Waals surface area contributed by atoms with Crippen LogP contribution in [-0.4, -0.2) is 46.5 Å². The van der Waals surface area contributed by atoms with Crippen molar-refractivity contribution < 1.29 is 24.4 Å². The van der Waals surface area contributed by atoms with Crippen LogP contribution in [0.2, 0.25) is 0 Å². The predicted molar refractivity (Wildman–Crippen MR) is 85.1 cm³/mol. The highest BCUT2D eigenvalue weighted by Gasteiger charge is 2.39. The van der Waals surface area contributed by atoms with Crippen molar-refractivity contribution in [3.05, 3.63) is 33.9 Å². The maximum atomic E-state index is 12.6. The number of likely N-dealkylation sites (tertiary alicyclic amines) is 1. The van der Waals surface area contributed by atoms with Crippen molar-refractivity contribution in [2.45, 2.75) is 26.7 Å². The highest BCUT2D eigenvalue weighted by atomic mass is 16.6. The van der Waals surface area contributed by atoms with E-state index in [4.69, 9.17) is 4.74 Å². The van der Waals surface area contributed by atoms with E-state index in [9.17, 15) is 24.8 Å². The highest BCUT2D eigenvalue weighted by Crippen LogP contribution is 2.32. The number of rotatable bonds is 5. The minimum atomic E-state index is -0.995. The maximum Gasteiger partial charge on any atom is 0.311 e. The number of nitro groups is 1. The zero-order chi connectivity index (χ0) is 17.9. The number of carbonyl (C=O) groups excluding carboxylic acids is 1. The molecule has 1 saturated heterocycles. The second-order valence-corrected chi connectivity index (χ2v) is 6.07. The Morgan fingerprint density at radius 1 is 1.46 bits per heavy atom. The summed E-state index contributed by atoms with van der Waals surface area (Å²) in [5.41, 5.74) is -1.12. The van der Waals surface area contributed by atoms with Crippen LogP contribution < -0.4 is 4.74 Å². The molecule has 1 amide bonds. The first kappa shape index (κ1) is 17.7. The molecule has 1 heterocycles.